The number of aliphatic imine (C=N–C) groups is 1. The van der Waals surface area contributed by atoms with Crippen LogP contribution in [0, 0.1) is 5.92 Å². The molecule has 0 aliphatic heterocycles. The second kappa shape index (κ2) is 35.6. The highest BCUT2D eigenvalue weighted by Gasteiger charge is 2.34. The fraction of sp³-hybridized carbons (Fsp3) is 0.683. The van der Waals surface area contributed by atoms with Gasteiger partial charge in [0.2, 0.25) is 47.3 Å². The number of amides is 8. The minimum atomic E-state index is -1.96. The van der Waals surface area contributed by atoms with Gasteiger partial charge in [-0.15, -0.1) is 0 Å². The van der Waals surface area contributed by atoms with Crippen molar-refractivity contribution in [3.8, 4) is 0 Å². The molecule has 0 aliphatic carbocycles. The number of hydrogen-bond donors (Lipinski definition) is 17. The van der Waals surface area contributed by atoms with Gasteiger partial charge in [0.1, 0.15) is 42.3 Å². The van der Waals surface area contributed by atoms with E-state index >= 15 is 0 Å². The number of nitrogens with zero attached hydrogens (tertiary/aromatic N) is 1. The summed E-state index contributed by atoms with van der Waals surface area (Å²) in [4.78, 5) is 157. The van der Waals surface area contributed by atoms with Gasteiger partial charge in [0.25, 0.3) is 0 Å². The molecule has 72 heavy (non-hydrogen) atoms. The summed E-state index contributed by atoms with van der Waals surface area (Å²) in [6, 6.07) is -11.9. The molecule has 29 nitrogen and oxygen atoms in total. The lowest BCUT2D eigenvalue weighted by atomic mass is 10.0. The number of carbonyl (C=O) groups is 12. The lowest BCUT2D eigenvalue weighted by Gasteiger charge is -2.27. The van der Waals surface area contributed by atoms with Gasteiger partial charge in [-0.25, -0.2) is 4.79 Å². The summed E-state index contributed by atoms with van der Waals surface area (Å²) in [7, 11) is 0. The largest absolute Gasteiger partial charge is 0.481 e. The molecule has 31 heteroatoms. The van der Waals surface area contributed by atoms with Crippen molar-refractivity contribution in [2.24, 2.45) is 33.8 Å². The van der Waals surface area contributed by atoms with Crippen LogP contribution in [0.2, 0.25) is 0 Å². The quantitative estimate of drug-likeness (QED) is 0.0119. The van der Waals surface area contributed by atoms with E-state index in [1.54, 1.807) is 6.26 Å². The number of hydrogen-bond acceptors (Lipinski definition) is 17. The Kier molecular flexibility index (Phi) is 32.4. The van der Waals surface area contributed by atoms with E-state index in [-0.39, 0.29) is 50.5 Å². The van der Waals surface area contributed by atoms with Crippen molar-refractivity contribution >= 4 is 101 Å². The Morgan fingerprint density at radius 1 is 0.569 bits per heavy atom. The van der Waals surface area contributed by atoms with Gasteiger partial charge in [-0.05, 0) is 75.8 Å². The zero-order chi connectivity index (χ0) is 55.1. The van der Waals surface area contributed by atoms with E-state index < -0.39 is 164 Å². The van der Waals surface area contributed by atoms with Crippen molar-refractivity contribution in [2.45, 2.75) is 133 Å². The average Bonchev–Trinajstić information content (AvgIpc) is 3.30. The molecule has 8 atom stereocenters. The van der Waals surface area contributed by atoms with Gasteiger partial charge in [-0.1, -0.05) is 13.8 Å². The van der Waals surface area contributed by atoms with Gasteiger partial charge in [-0.3, -0.25) is 57.7 Å². The number of nitrogens with two attached hydrogens (primary N) is 4. The summed E-state index contributed by atoms with van der Waals surface area (Å²) >= 11 is 5.33. The first-order chi connectivity index (χ1) is 33.8. The van der Waals surface area contributed by atoms with Gasteiger partial charge in [0, 0.05) is 25.1 Å². The van der Waals surface area contributed by atoms with Gasteiger partial charge >= 0.3 is 23.9 Å². The molecule has 0 heterocycles. The summed E-state index contributed by atoms with van der Waals surface area (Å²) in [6.45, 7) is 2.39. The topological polar surface area (TPSA) is 498 Å². The van der Waals surface area contributed by atoms with E-state index in [1.165, 1.54) is 25.6 Å². The van der Waals surface area contributed by atoms with E-state index in [0.717, 1.165) is 0 Å². The van der Waals surface area contributed by atoms with Crippen molar-refractivity contribution in [1.82, 2.24) is 42.5 Å². The Morgan fingerprint density at radius 2 is 1.03 bits per heavy atom. The minimum absolute atomic E-state index is 0.0125. The van der Waals surface area contributed by atoms with E-state index in [4.69, 9.17) is 22.9 Å². The number of rotatable bonds is 38. The summed E-state index contributed by atoms with van der Waals surface area (Å²) in [5, 5.41) is 56.1. The fourth-order valence-corrected chi connectivity index (χ4v) is 6.97. The molecule has 0 rings (SSSR count). The molecule has 0 radical (unpaired) electrons. The van der Waals surface area contributed by atoms with Crippen LogP contribution in [0.4, 0.5) is 0 Å². The number of carboxylic acids is 4. The van der Waals surface area contributed by atoms with Gasteiger partial charge < -0.3 is 85.9 Å². The van der Waals surface area contributed by atoms with Crippen LogP contribution in [0.3, 0.4) is 0 Å². The molecule has 8 amide bonds. The minimum Gasteiger partial charge on any atom is -0.481 e. The Bertz CT molecular complexity index is 1910. The second-order valence-corrected chi connectivity index (χ2v) is 17.8. The summed E-state index contributed by atoms with van der Waals surface area (Å²) in [5.74, 6) is -14.6. The lowest BCUT2D eigenvalue weighted by molar-refractivity contribution is -0.142. The first-order valence-electron chi connectivity index (χ1n) is 22.7. The highest BCUT2D eigenvalue weighted by Crippen LogP contribution is 2.10. The number of nitrogens with one attached hydrogen (secondary N) is 8. The molecule has 408 valence electrons. The van der Waals surface area contributed by atoms with Crippen molar-refractivity contribution in [3.63, 3.8) is 0 Å². The van der Waals surface area contributed by atoms with Crippen molar-refractivity contribution in [1.29, 1.82) is 0 Å². The zero-order valence-corrected chi connectivity index (χ0v) is 42.0. The fourth-order valence-electron chi connectivity index (χ4n) is 6.23. The van der Waals surface area contributed by atoms with Crippen molar-refractivity contribution < 1.29 is 78.0 Å². The summed E-state index contributed by atoms with van der Waals surface area (Å²) in [5.41, 5.74) is 22.3. The predicted octanol–water partition coefficient (Wildman–Crippen LogP) is -5.37. The monoisotopic (exact) mass is 1070 g/mol. The molecular formula is C41H71N13O16S2. The third-order valence-corrected chi connectivity index (χ3v) is 11.2. The van der Waals surface area contributed by atoms with Crippen molar-refractivity contribution in [2.75, 3.05) is 37.4 Å². The van der Waals surface area contributed by atoms with Crippen LogP contribution in [0.5, 0.6) is 0 Å². The smallest absolute Gasteiger partial charge is 0.327 e. The van der Waals surface area contributed by atoms with E-state index in [2.05, 4.69) is 60.2 Å². The van der Waals surface area contributed by atoms with Crippen LogP contribution in [0.15, 0.2) is 4.99 Å². The SMILES string of the molecule is CSCCC(N)C(=O)NC(CCC(=O)O)C(=O)NC(CCC(=O)O)C(=O)NC(CC(=O)O)C(=O)NCC(=O)NC(C(=O)NC(CCCN=C(N)N)C(=O)NC(CCCCN)C(=O)NC(CS)C(=O)O)C(C)C. The van der Waals surface area contributed by atoms with E-state index in [1.807, 2.05) is 0 Å². The van der Waals surface area contributed by atoms with E-state index in [9.17, 15) is 78.0 Å². The number of guanidine groups is 1. The Hall–Kier alpha value is -6.47. The summed E-state index contributed by atoms with van der Waals surface area (Å²) in [6.07, 6.45) is -0.800. The highest BCUT2D eigenvalue weighted by molar-refractivity contribution is 7.98. The van der Waals surface area contributed by atoms with Gasteiger partial charge in [-0.2, -0.15) is 24.4 Å². The first kappa shape index (κ1) is 65.5. The molecule has 0 fully saturated rings. The number of aliphatic carboxylic acids is 4. The third-order valence-electron chi connectivity index (χ3n) is 10.2. The van der Waals surface area contributed by atoms with Crippen LogP contribution >= 0.6 is 24.4 Å². The van der Waals surface area contributed by atoms with Crippen molar-refractivity contribution in [3.05, 3.63) is 0 Å². The third kappa shape index (κ3) is 27.8. The Balaban J connectivity index is 6.34. The van der Waals surface area contributed by atoms with Crippen LogP contribution in [0.25, 0.3) is 0 Å². The van der Waals surface area contributed by atoms with Crippen LogP contribution in [-0.2, 0) is 57.5 Å². The van der Waals surface area contributed by atoms with Gasteiger partial charge in [0.15, 0.2) is 5.96 Å². The molecule has 0 bridgehead atoms. The maximum atomic E-state index is 13.8. The molecule has 0 aliphatic rings. The molecular weight excluding hydrogens is 995 g/mol. The first-order valence-corrected chi connectivity index (χ1v) is 24.7. The highest BCUT2D eigenvalue weighted by atomic mass is 32.2. The zero-order valence-electron chi connectivity index (χ0n) is 40.3. The number of thiol groups is 1. The second-order valence-electron chi connectivity index (χ2n) is 16.5. The molecule has 0 aromatic carbocycles. The predicted molar refractivity (Wildman–Crippen MR) is 263 cm³/mol. The Labute approximate surface area is 424 Å². The number of unbranched alkanes of at least 4 members (excludes halogenated alkanes) is 1. The lowest BCUT2D eigenvalue weighted by Crippen LogP contribution is -2.59. The normalized spacial score (nSPS) is 14.2. The number of carbonyl (C=O) groups excluding carboxylic acids is 8. The van der Waals surface area contributed by atoms with Crippen LogP contribution in [-0.4, -0.2) is 183 Å². The standard InChI is InChI=1S/C41H71N13O16S2/c1-20(2)32(39(68)51-23(8-6-15-46-41(44)45)35(64)49-22(7-4-5-14-42)36(65)53-27(19-71)40(69)70)54-28(55)18-47-34(63)26(17-31(60)61)52-38(67)25(10-12-30(58)59)50-37(66)24(9-11-29(56)57)48-33(62)21(43)13-16-72-3/h20-27,32,71H,4-19,42-43H2,1-3H3,(H,47,63)(H,48,62)(H,49,64)(H,50,66)(H,51,68)(H,52,67)(H,53,65)(H,54,55)(H,56,57)(H,58,59)(H,60,61)(H,69,70)(H4,44,45,46). The molecule has 0 saturated heterocycles. The molecule has 0 spiro atoms. The maximum Gasteiger partial charge on any atom is 0.327 e. The number of thioether (sulfide) groups is 1. The van der Waals surface area contributed by atoms with Crippen LogP contribution < -0.4 is 65.5 Å². The van der Waals surface area contributed by atoms with E-state index in [0.29, 0.717) is 18.6 Å². The number of carboxylic acid groups (broad SMARTS) is 4. The maximum absolute atomic E-state index is 13.8. The molecule has 0 aromatic heterocycles. The Morgan fingerprint density at radius 3 is 1.46 bits per heavy atom. The molecule has 0 aromatic rings. The molecule has 0 saturated carbocycles. The summed E-state index contributed by atoms with van der Waals surface area (Å²) < 4.78 is 0. The molecule has 20 N–H and O–H groups in total. The molecule has 8 unspecified atom stereocenters. The van der Waals surface area contributed by atoms with Gasteiger partial charge in [0.05, 0.1) is 19.0 Å². The average molecular weight is 1070 g/mol. The van der Waals surface area contributed by atoms with Crippen LogP contribution in [0.1, 0.15) is 84.5 Å².